The normalized spacial score (nSPS) is 15.7. The van der Waals surface area contributed by atoms with Gasteiger partial charge >= 0.3 is 0 Å². The third-order valence-electron chi connectivity index (χ3n) is 2.79. The third-order valence-corrected chi connectivity index (χ3v) is 6.46. The first kappa shape index (κ1) is 16.9. The molecule has 1 aromatic rings. The summed E-state index contributed by atoms with van der Waals surface area (Å²) in [6, 6.07) is 1.58. The van der Waals surface area contributed by atoms with Gasteiger partial charge in [-0.15, -0.1) is 11.3 Å². The number of nitrogens with one attached hydrogen (secondary N) is 1. The fourth-order valence-corrected chi connectivity index (χ4v) is 5.14. The standard InChI is InChI=1S/C12H21ClN2O2S2/c1-8(2)6-12(4,7-14)15-19(16,17)10-5-9(3)11(13)18-10/h5,8,15H,6-7,14H2,1-4H3. The second-order valence-corrected chi connectivity index (χ2v) is 9.05. The Morgan fingerprint density at radius 1 is 1.53 bits per heavy atom. The van der Waals surface area contributed by atoms with Crippen LogP contribution in [0, 0.1) is 12.8 Å². The van der Waals surface area contributed by atoms with Gasteiger partial charge in [0, 0.05) is 12.1 Å². The maximum absolute atomic E-state index is 12.3. The van der Waals surface area contributed by atoms with E-state index in [2.05, 4.69) is 4.72 Å². The molecule has 3 N–H and O–H groups in total. The van der Waals surface area contributed by atoms with Crippen LogP contribution < -0.4 is 10.5 Å². The molecule has 110 valence electrons. The topological polar surface area (TPSA) is 72.2 Å². The fourth-order valence-electron chi connectivity index (χ4n) is 2.01. The zero-order chi connectivity index (χ0) is 14.8. The average Bonchev–Trinajstić information content (AvgIpc) is 2.58. The van der Waals surface area contributed by atoms with Gasteiger partial charge in [0.05, 0.1) is 4.34 Å². The van der Waals surface area contributed by atoms with E-state index in [0.29, 0.717) is 16.7 Å². The molecule has 1 rings (SSSR count). The number of sulfonamides is 1. The van der Waals surface area contributed by atoms with E-state index >= 15 is 0 Å². The highest BCUT2D eigenvalue weighted by Gasteiger charge is 2.31. The zero-order valence-corrected chi connectivity index (χ0v) is 14.0. The summed E-state index contributed by atoms with van der Waals surface area (Å²) in [5, 5.41) is 0. The summed E-state index contributed by atoms with van der Waals surface area (Å²) in [5.41, 5.74) is 5.85. The monoisotopic (exact) mass is 324 g/mol. The van der Waals surface area contributed by atoms with Gasteiger partial charge in [0.2, 0.25) is 0 Å². The van der Waals surface area contributed by atoms with E-state index in [1.54, 1.807) is 13.0 Å². The maximum Gasteiger partial charge on any atom is 0.250 e. The van der Waals surface area contributed by atoms with Crippen LogP contribution in [0.2, 0.25) is 4.34 Å². The molecule has 1 atom stereocenters. The molecule has 0 radical (unpaired) electrons. The van der Waals surface area contributed by atoms with Crippen molar-refractivity contribution in [2.45, 2.75) is 43.9 Å². The van der Waals surface area contributed by atoms with Crippen LogP contribution in [0.3, 0.4) is 0 Å². The summed E-state index contributed by atoms with van der Waals surface area (Å²) in [7, 11) is -3.57. The Bertz CT molecular complexity index is 520. The number of thiophene rings is 1. The summed E-state index contributed by atoms with van der Waals surface area (Å²) in [4.78, 5) is 0. The minimum atomic E-state index is -3.57. The lowest BCUT2D eigenvalue weighted by Crippen LogP contribution is -2.51. The Morgan fingerprint density at radius 2 is 2.11 bits per heavy atom. The van der Waals surface area contributed by atoms with Crippen LogP contribution in [-0.2, 0) is 10.0 Å². The number of nitrogens with two attached hydrogens (primary N) is 1. The first-order valence-corrected chi connectivity index (χ1v) is 8.77. The minimum Gasteiger partial charge on any atom is -0.329 e. The Morgan fingerprint density at radius 3 is 2.47 bits per heavy atom. The van der Waals surface area contributed by atoms with Crippen molar-refractivity contribution in [1.29, 1.82) is 0 Å². The molecule has 0 aliphatic rings. The van der Waals surface area contributed by atoms with E-state index in [0.717, 1.165) is 16.9 Å². The molecule has 19 heavy (non-hydrogen) atoms. The Kier molecular flexibility index (Phi) is 5.43. The number of halogens is 1. The van der Waals surface area contributed by atoms with Gasteiger partial charge in [0.1, 0.15) is 4.21 Å². The molecule has 0 aromatic carbocycles. The molecule has 1 aromatic heterocycles. The van der Waals surface area contributed by atoms with Crippen molar-refractivity contribution in [2.24, 2.45) is 11.7 Å². The molecule has 0 aliphatic heterocycles. The SMILES string of the molecule is Cc1cc(S(=O)(=O)NC(C)(CN)CC(C)C)sc1Cl. The largest absolute Gasteiger partial charge is 0.329 e. The molecular weight excluding hydrogens is 304 g/mol. The summed E-state index contributed by atoms with van der Waals surface area (Å²) < 4.78 is 28.1. The van der Waals surface area contributed by atoms with E-state index in [-0.39, 0.29) is 10.8 Å². The predicted molar refractivity (Wildman–Crippen MR) is 81.3 cm³/mol. The van der Waals surface area contributed by atoms with Crippen molar-refractivity contribution in [2.75, 3.05) is 6.54 Å². The molecule has 0 amide bonds. The van der Waals surface area contributed by atoms with Crippen LogP contribution >= 0.6 is 22.9 Å². The van der Waals surface area contributed by atoms with Crippen molar-refractivity contribution in [1.82, 2.24) is 4.72 Å². The van der Waals surface area contributed by atoms with E-state index in [9.17, 15) is 8.42 Å². The first-order valence-electron chi connectivity index (χ1n) is 6.09. The number of rotatable bonds is 6. The summed E-state index contributed by atoms with van der Waals surface area (Å²) in [5.74, 6) is 0.352. The van der Waals surface area contributed by atoms with Crippen LogP contribution in [0.5, 0.6) is 0 Å². The van der Waals surface area contributed by atoms with E-state index in [1.165, 1.54) is 0 Å². The second kappa shape index (κ2) is 6.10. The van der Waals surface area contributed by atoms with Crippen molar-refractivity contribution < 1.29 is 8.42 Å². The van der Waals surface area contributed by atoms with Crippen LogP contribution in [0.25, 0.3) is 0 Å². The molecule has 0 bridgehead atoms. The molecule has 0 aliphatic carbocycles. The zero-order valence-electron chi connectivity index (χ0n) is 11.7. The van der Waals surface area contributed by atoms with Crippen molar-refractivity contribution >= 4 is 33.0 Å². The molecule has 1 heterocycles. The van der Waals surface area contributed by atoms with Gasteiger partial charge < -0.3 is 5.73 Å². The van der Waals surface area contributed by atoms with Gasteiger partial charge in [-0.1, -0.05) is 25.4 Å². The highest BCUT2D eigenvalue weighted by atomic mass is 35.5. The van der Waals surface area contributed by atoms with E-state index < -0.39 is 15.6 Å². The van der Waals surface area contributed by atoms with E-state index in [4.69, 9.17) is 17.3 Å². The van der Waals surface area contributed by atoms with Gasteiger partial charge in [-0.25, -0.2) is 13.1 Å². The second-order valence-electron chi connectivity index (χ2n) is 5.49. The lowest BCUT2D eigenvalue weighted by molar-refractivity contribution is 0.345. The lowest BCUT2D eigenvalue weighted by Gasteiger charge is -2.30. The summed E-state index contributed by atoms with van der Waals surface area (Å²) >= 11 is 6.99. The number of aryl methyl sites for hydroxylation is 1. The Hall–Kier alpha value is -0.140. The molecule has 7 heteroatoms. The molecule has 0 saturated heterocycles. The van der Waals surface area contributed by atoms with Crippen molar-refractivity contribution in [3.8, 4) is 0 Å². The maximum atomic E-state index is 12.3. The highest BCUT2D eigenvalue weighted by molar-refractivity contribution is 7.91. The molecule has 1 unspecified atom stereocenters. The molecule has 0 saturated carbocycles. The first-order chi connectivity index (χ1) is 8.59. The van der Waals surface area contributed by atoms with Crippen LogP contribution in [-0.4, -0.2) is 20.5 Å². The summed E-state index contributed by atoms with van der Waals surface area (Å²) in [6.45, 7) is 7.94. The quantitative estimate of drug-likeness (QED) is 0.845. The predicted octanol–water partition coefficient (Wildman–Crippen LogP) is 2.75. The van der Waals surface area contributed by atoms with Gasteiger partial charge in [-0.2, -0.15) is 0 Å². The van der Waals surface area contributed by atoms with Crippen LogP contribution in [0.15, 0.2) is 10.3 Å². The molecule has 4 nitrogen and oxygen atoms in total. The molecule has 0 spiro atoms. The van der Waals surface area contributed by atoms with Crippen LogP contribution in [0.4, 0.5) is 0 Å². The van der Waals surface area contributed by atoms with Crippen molar-refractivity contribution in [3.63, 3.8) is 0 Å². The Labute approximate surface area is 124 Å². The third kappa shape index (κ3) is 4.43. The van der Waals surface area contributed by atoms with E-state index in [1.807, 2.05) is 20.8 Å². The van der Waals surface area contributed by atoms with Crippen LogP contribution in [0.1, 0.15) is 32.8 Å². The van der Waals surface area contributed by atoms with Gasteiger partial charge in [0.25, 0.3) is 10.0 Å². The average molecular weight is 325 g/mol. The Balaban J connectivity index is 3.01. The number of hydrogen-bond donors (Lipinski definition) is 2. The smallest absolute Gasteiger partial charge is 0.250 e. The number of hydrogen-bond acceptors (Lipinski definition) is 4. The minimum absolute atomic E-state index is 0.235. The van der Waals surface area contributed by atoms with Gasteiger partial charge in [-0.3, -0.25) is 0 Å². The highest BCUT2D eigenvalue weighted by Crippen LogP contribution is 2.31. The van der Waals surface area contributed by atoms with Gasteiger partial charge in [-0.05, 0) is 37.8 Å². The molecular formula is C12H21ClN2O2S2. The molecule has 0 fully saturated rings. The lowest BCUT2D eigenvalue weighted by atomic mass is 9.92. The van der Waals surface area contributed by atoms with Gasteiger partial charge in [0.15, 0.2) is 0 Å². The van der Waals surface area contributed by atoms with Crippen molar-refractivity contribution in [3.05, 3.63) is 16.0 Å². The summed E-state index contributed by atoms with van der Waals surface area (Å²) in [6.07, 6.45) is 0.681. The fraction of sp³-hybridized carbons (Fsp3) is 0.667.